The second kappa shape index (κ2) is 8.65. The Morgan fingerprint density at radius 2 is 1.69 bits per heavy atom. The van der Waals surface area contributed by atoms with Crippen LogP contribution < -0.4 is 4.90 Å². The van der Waals surface area contributed by atoms with Crippen LogP contribution in [-0.4, -0.2) is 21.5 Å². The van der Waals surface area contributed by atoms with Crippen molar-refractivity contribution in [2.75, 3.05) is 18.0 Å². The van der Waals surface area contributed by atoms with Gasteiger partial charge >= 0.3 is 10.2 Å². The number of benzene rings is 2. The minimum atomic E-state index is -5.00. The third-order valence-electron chi connectivity index (χ3n) is 3.61. The van der Waals surface area contributed by atoms with E-state index in [9.17, 15) is 12.3 Å². The van der Waals surface area contributed by atoms with Gasteiger partial charge in [-0.2, -0.15) is 13.5 Å². The molecule has 2 rings (SSSR count). The molecular formula is C16H15BrCl2FN3O2S. The minimum Gasteiger partial charge on any atom is -0.372 e. The summed E-state index contributed by atoms with van der Waals surface area (Å²) in [6.07, 6.45) is 0. The molecule has 0 aliphatic heterocycles. The zero-order chi connectivity index (χ0) is 19.5. The van der Waals surface area contributed by atoms with Crippen molar-refractivity contribution in [3.05, 3.63) is 44.8 Å². The SMILES string of the molecule is CCN(CC)c1ccc(/N=N/c2c(Cl)cc(S(=O)(=O)F)c(Cl)c2Br)cc1. The van der Waals surface area contributed by atoms with E-state index in [1.54, 1.807) is 12.1 Å². The number of hydrogen-bond acceptors (Lipinski definition) is 5. The van der Waals surface area contributed by atoms with Gasteiger partial charge in [-0.1, -0.05) is 23.2 Å². The van der Waals surface area contributed by atoms with Crippen LogP contribution in [0.5, 0.6) is 0 Å². The van der Waals surface area contributed by atoms with Crippen LogP contribution in [0.25, 0.3) is 0 Å². The highest BCUT2D eigenvalue weighted by atomic mass is 79.9. The first kappa shape index (κ1) is 21.1. The summed E-state index contributed by atoms with van der Waals surface area (Å²) in [5, 5.41) is 7.64. The second-order valence-electron chi connectivity index (χ2n) is 5.16. The molecular weight excluding hydrogens is 468 g/mol. The number of azo groups is 1. The fourth-order valence-electron chi connectivity index (χ4n) is 2.26. The van der Waals surface area contributed by atoms with Gasteiger partial charge in [-0.15, -0.1) is 9.00 Å². The molecule has 2 aromatic rings. The predicted octanol–water partition coefficient (Wildman–Crippen LogP) is 6.68. The van der Waals surface area contributed by atoms with E-state index in [2.05, 4.69) is 44.9 Å². The Labute approximate surface area is 170 Å². The summed E-state index contributed by atoms with van der Waals surface area (Å²) in [5.74, 6) is 0. The Kier molecular flexibility index (Phi) is 7.01. The fraction of sp³-hybridized carbons (Fsp3) is 0.250. The van der Waals surface area contributed by atoms with Crippen LogP contribution in [-0.2, 0) is 10.2 Å². The summed E-state index contributed by atoms with van der Waals surface area (Å²) in [7, 11) is -5.00. The highest BCUT2D eigenvalue weighted by Gasteiger charge is 2.23. The third kappa shape index (κ3) is 4.73. The molecule has 0 radical (unpaired) electrons. The van der Waals surface area contributed by atoms with Crippen LogP contribution in [0.4, 0.5) is 20.9 Å². The van der Waals surface area contributed by atoms with Gasteiger partial charge in [0.1, 0.15) is 10.6 Å². The molecule has 0 aromatic heterocycles. The first-order valence-electron chi connectivity index (χ1n) is 7.57. The lowest BCUT2D eigenvalue weighted by Crippen LogP contribution is -2.21. The molecule has 0 atom stereocenters. The van der Waals surface area contributed by atoms with Crippen LogP contribution in [0.15, 0.2) is 49.9 Å². The highest BCUT2D eigenvalue weighted by Crippen LogP contribution is 2.43. The molecule has 0 aliphatic carbocycles. The zero-order valence-corrected chi connectivity index (χ0v) is 17.8. The molecule has 0 fully saturated rings. The number of anilines is 1. The van der Waals surface area contributed by atoms with E-state index in [0.29, 0.717) is 5.69 Å². The van der Waals surface area contributed by atoms with E-state index in [0.717, 1.165) is 24.8 Å². The quantitative estimate of drug-likeness (QED) is 0.262. The van der Waals surface area contributed by atoms with Crippen LogP contribution in [0, 0.1) is 0 Å². The molecule has 0 amide bonds. The molecule has 0 heterocycles. The number of hydrogen-bond donors (Lipinski definition) is 0. The summed E-state index contributed by atoms with van der Waals surface area (Å²) < 4.78 is 35.5. The van der Waals surface area contributed by atoms with E-state index >= 15 is 0 Å². The van der Waals surface area contributed by atoms with E-state index in [1.807, 2.05) is 12.1 Å². The van der Waals surface area contributed by atoms with E-state index in [4.69, 9.17) is 23.2 Å². The minimum absolute atomic E-state index is 0.0476. The first-order valence-corrected chi connectivity index (χ1v) is 10.5. The summed E-state index contributed by atoms with van der Waals surface area (Å²) in [4.78, 5) is 1.46. The van der Waals surface area contributed by atoms with E-state index in [1.165, 1.54) is 0 Å². The maximum absolute atomic E-state index is 13.2. The van der Waals surface area contributed by atoms with E-state index in [-0.39, 0.29) is 20.2 Å². The van der Waals surface area contributed by atoms with Crippen molar-refractivity contribution in [1.82, 2.24) is 0 Å². The van der Waals surface area contributed by atoms with Gasteiger partial charge in [0.15, 0.2) is 0 Å². The maximum Gasteiger partial charge on any atom is 0.333 e. The van der Waals surface area contributed by atoms with Gasteiger partial charge in [0.2, 0.25) is 0 Å². The zero-order valence-electron chi connectivity index (χ0n) is 13.9. The molecule has 2 aromatic carbocycles. The Morgan fingerprint density at radius 1 is 1.12 bits per heavy atom. The normalized spacial score (nSPS) is 11.9. The van der Waals surface area contributed by atoms with Crippen LogP contribution >= 0.6 is 39.1 Å². The number of rotatable bonds is 6. The van der Waals surface area contributed by atoms with Crippen LogP contribution in [0.1, 0.15) is 13.8 Å². The lowest BCUT2D eigenvalue weighted by molar-refractivity contribution is 0.552. The molecule has 140 valence electrons. The van der Waals surface area contributed by atoms with Gasteiger partial charge in [-0.05, 0) is 60.1 Å². The lowest BCUT2D eigenvalue weighted by Gasteiger charge is -2.20. The van der Waals surface area contributed by atoms with Crippen molar-refractivity contribution >= 4 is 66.4 Å². The Hall–Kier alpha value is -1.22. The predicted molar refractivity (Wildman–Crippen MR) is 107 cm³/mol. The Morgan fingerprint density at radius 3 is 2.19 bits per heavy atom. The molecule has 0 N–H and O–H groups in total. The van der Waals surface area contributed by atoms with Crippen molar-refractivity contribution in [2.24, 2.45) is 10.2 Å². The summed E-state index contributed by atoms with van der Waals surface area (Å²) in [5.41, 5.74) is 1.74. The number of halogens is 4. The smallest absolute Gasteiger partial charge is 0.333 e. The average Bonchev–Trinajstić information content (AvgIpc) is 2.59. The Balaban J connectivity index is 2.35. The first-order chi connectivity index (χ1) is 12.2. The van der Waals surface area contributed by atoms with Crippen molar-refractivity contribution in [2.45, 2.75) is 18.7 Å². The molecule has 5 nitrogen and oxygen atoms in total. The van der Waals surface area contributed by atoms with Crippen molar-refractivity contribution in [1.29, 1.82) is 0 Å². The van der Waals surface area contributed by atoms with Crippen molar-refractivity contribution in [3.8, 4) is 0 Å². The molecule has 0 spiro atoms. The van der Waals surface area contributed by atoms with Crippen molar-refractivity contribution in [3.63, 3.8) is 0 Å². The lowest BCUT2D eigenvalue weighted by atomic mass is 10.2. The van der Waals surface area contributed by atoms with E-state index < -0.39 is 15.1 Å². The molecule has 0 bridgehead atoms. The topological polar surface area (TPSA) is 62.1 Å². The summed E-state index contributed by atoms with van der Waals surface area (Å²) in [6, 6.07) is 8.33. The van der Waals surface area contributed by atoms with Gasteiger partial charge < -0.3 is 4.90 Å². The molecule has 0 aliphatic rings. The molecule has 0 saturated carbocycles. The largest absolute Gasteiger partial charge is 0.372 e. The Bertz CT molecular complexity index is 934. The summed E-state index contributed by atoms with van der Waals surface area (Å²) >= 11 is 15.0. The highest BCUT2D eigenvalue weighted by molar-refractivity contribution is 9.10. The van der Waals surface area contributed by atoms with Gasteiger partial charge in [-0.3, -0.25) is 0 Å². The monoisotopic (exact) mass is 481 g/mol. The van der Waals surface area contributed by atoms with Gasteiger partial charge in [-0.25, -0.2) is 0 Å². The number of nitrogens with zero attached hydrogens (tertiary/aromatic N) is 3. The third-order valence-corrected chi connectivity index (χ3v) is 6.25. The molecule has 26 heavy (non-hydrogen) atoms. The van der Waals surface area contributed by atoms with Gasteiger partial charge in [0, 0.05) is 18.8 Å². The van der Waals surface area contributed by atoms with Gasteiger partial charge in [0.05, 0.1) is 20.2 Å². The van der Waals surface area contributed by atoms with Gasteiger partial charge in [0.25, 0.3) is 0 Å². The standard InChI is InChI=1S/C16H15BrCl2FN3O2S/c1-3-23(4-2)11-7-5-10(6-8-11)21-22-16-12(18)9-13(26(20,24)25)15(19)14(16)17/h5-9H,3-4H2,1-2H3/b22-21+. The average molecular weight is 483 g/mol. The van der Waals surface area contributed by atoms with Crippen molar-refractivity contribution < 1.29 is 12.3 Å². The molecule has 10 heteroatoms. The molecule has 0 saturated heterocycles. The van der Waals surface area contributed by atoms with Crippen LogP contribution in [0.3, 0.4) is 0 Å². The second-order valence-corrected chi connectivity index (χ2v) is 8.05. The molecule has 0 unspecified atom stereocenters. The maximum atomic E-state index is 13.2. The van der Waals surface area contributed by atoms with Crippen LogP contribution in [0.2, 0.25) is 10.0 Å². The fourth-order valence-corrected chi connectivity index (χ4v) is 4.31. The summed E-state index contributed by atoms with van der Waals surface area (Å²) in [6.45, 7) is 5.92.